The third-order valence-corrected chi connectivity index (χ3v) is 4.82. The number of fused-ring (bicyclic) bond motifs is 2. The molecule has 0 aliphatic heterocycles. The van der Waals surface area contributed by atoms with Crippen molar-refractivity contribution in [3.63, 3.8) is 0 Å². The number of rotatable bonds is 3. The van der Waals surface area contributed by atoms with Crippen molar-refractivity contribution in [2.75, 3.05) is 18.2 Å². The normalized spacial score (nSPS) is 10.9. The van der Waals surface area contributed by atoms with Gasteiger partial charge in [0.2, 0.25) is 0 Å². The van der Waals surface area contributed by atoms with Crippen molar-refractivity contribution in [1.29, 1.82) is 0 Å². The molecule has 4 rings (SSSR count). The number of aromatic nitrogens is 1. The first kappa shape index (κ1) is 15.4. The number of carbonyl (C=O) groups is 1. The summed E-state index contributed by atoms with van der Waals surface area (Å²) in [5.41, 5.74) is 7.76. The average Bonchev–Trinajstić information content (AvgIpc) is 3.00. The number of anilines is 2. The van der Waals surface area contributed by atoms with Gasteiger partial charge in [0.05, 0.1) is 11.8 Å². The molecule has 5 nitrogen and oxygen atoms in total. The number of carbonyl (C=O) groups excluding carboxylic acids is 1. The molecule has 3 N–H and O–H groups in total. The number of amides is 1. The fourth-order valence-corrected chi connectivity index (χ4v) is 3.66. The average molecular weight is 349 g/mol. The summed E-state index contributed by atoms with van der Waals surface area (Å²) in [6.45, 7) is 0. The molecule has 0 atom stereocenters. The summed E-state index contributed by atoms with van der Waals surface area (Å²) in [5, 5.41) is 5.35. The van der Waals surface area contributed by atoms with E-state index in [2.05, 4.69) is 10.3 Å². The van der Waals surface area contributed by atoms with E-state index in [9.17, 15) is 4.79 Å². The van der Waals surface area contributed by atoms with Gasteiger partial charge in [-0.15, -0.1) is 0 Å². The number of ether oxygens (including phenoxy) is 1. The lowest BCUT2D eigenvalue weighted by molar-refractivity contribution is 0.102. The maximum absolute atomic E-state index is 12.8. The number of nitrogens with one attached hydrogen (secondary N) is 1. The second-order valence-corrected chi connectivity index (χ2v) is 6.62. The van der Waals surface area contributed by atoms with Gasteiger partial charge < -0.3 is 15.8 Å². The van der Waals surface area contributed by atoms with E-state index in [1.54, 1.807) is 13.2 Å². The lowest BCUT2D eigenvalue weighted by Gasteiger charge is -2.10. The SMILES string of the molecule is COc1cc(NC(=O)c2cccc3ccccc23)cc2sc(N)nc12. The van der Waals surface area contributed by atoms with Crippen LogP contribution in [-0.4, -0.2) is 18.0 Å². The van der Waals surface area contributed by atoms with Gasteiger partial charge in [-0.25, -0.2) is 4.98 Å². The number of methoxy groups -OCH3 is 1. The molecule has 1 amide bonds. The molecule has 0 unspecified atom stereocenters. The fraction of sp³-hybridized carbons (Fsp3) is 0.0526. The largest absolute Gasteiger partial charge is 0.494 e. The molecular formula is C19H15N3O2S. The van der Waals surface area contributed by atoms with E-state index < -0.39 is 0 Å². The molecule has 124 valence electrons. The highest BCUT2D eigenvalue weighted by atomic mass is 32.1. The van der Waals surface area contributed by atoms with Crippen LogP contribution in [0.15, 0.2) is 54.6 Å². The molecule has 1 aromatic heterocycles. The zero-order valence-corrected chi connectivity index (χ0v) is 14.3. The van der Waals surface area contributed by atoms with Gasteiger partial charge in [0, 0.05) is 17.3 Å². The monoisotopic (exact) mass is 349 g/mol. The molecule has 0 fully saturated rings. The second kappa shape index (κ2) is 6.07. The molecule has 3 aromatic carbocycles. The lowest BCUT2D eigenvalue weighted by Crippen LogP contribution is -2.12. The highest BCUT2D eigenvalue weighted by Gasteiger charge is 2.14. The third-order valence-electron chi connectivity index (χ3n) is 3.99. The first-order valence-electron chi connectivity index (χ1n) is 7.69. The topological polar surface area (TPSA) is 77.2 Å². The van der Waals surface area contributed by atoms with Crippen LogP contribution in [0.25, 0.3) is 21.0 Å². The Bertz CT molecular complexity index is 1100. The molecule has 0 radical (unpaired) electrons. The van der Waals surface area contributed by atoms with Crippen LogP contribution in [-0.2, 0) is 0 Å². The number of nitrogens with two attached hydrogens (primary N) is 1. The Morgan fingerprint density at radius 3 is 2.80 bits per heavy atom. The molecule has 0 aliphatic carbocycles. The molecule has 0 spiro atoms. The maximum Gasteiger partial charge on any atom is 0.256 e. The summed E-state index contributed by atoms with van der Waals surface area (Å²) in [4.78, 5) is 17.0. The summed E-state index contributed by atoms with van der Waals surface area (Å²) < 4.78 is 6.24. The van der Waals surface area contributed by atoms with Crippen LogP contribution < -0.4 is 15.8 Å². The Balaban J connectivity index is 1.74. The van der Waals surface area contributed by atoms with Gasteiger partial charge >= 0.3 is 0 Å². The van der Waals surface area contributed by atoms with Crippen molar-refractivity contribution in [2.45, 2.75) is 0 Å². The van der Waals surface area contributed by atoms with Gasteiger partial charge in [-0.2, -0.15) is 0 Å². The highest BCUT2D eigenvalue weighted by molar-refractivity contribution is 7.22. The standard InChI is InChI=1S/C19H15N3O2S/c1-24-15-9-12(10-16-17(15)22-19(20)25-16)21-18(23)14-8-4-6-11-5-2-3-7-13(11)14/h2-10H,1H3,(H2,20,22)(H,21,23). The van der Waals surface area contributed by atoms with E-state index in [4.69, 9.17) is 10.5 Å². The van der Waals surface area contributed by atoms with E-state index in [1.165, 1.54) is 11.3 Å². The minimum absolute atomic E-state index is 0.171. The summed E-state index contributed by atoms with van der Waals surface area (Å²) in [7, 11) is 1.57. The zero-order chi connectivity index (χ0) is 17.4. The number of nitrogen functional groups attached to an aromatic ring is 1. The van der Waals surface area contributed by atoms with E-state index in [0.717, 1.165) is 15.5 Å². The van der Waals surface area contributed by atoms with Crippen LogP contribution in [0.1, 0.15) is 10.4 Å². The summed E-state index contributed by atoms with van der Waals surface area (Å²) in [6, 6.07) is 17.1. The number of benzene rings is 3. The van der Waals surface area contributed by atoms with Crippen molar-refractivity contribution < 1.29 is 9.53 Å². The van der Waals surface area contributed by atoms with Crippen LogP contribution in [0.4, 0.5) is 10.8 Å². The molecule has 0 bridgehead atoms. The second-order valence-electron chi connectivity index (χ2n) is 5.56. The molecule has 6 heteroatoms. The van der Waals surface area contributed by atoms with Crippen LogP contribution in [0, 0.1) is 0 Å². The molecular weight excluding hydrogens is 334 g/mol. The number of thiazole rings is 1. The minimum Gasteiger partial charge on any atom is -0.494 e. The smallest absolute Gasteiger partial charge is 0.256 e. The third kappa shape index (κ3) is 2.77. The van der Waals surface area contributed by atoms with Crippen LogP contribution in [0.3, 0.4) is 0 Å². The maximum atomic E-state index is 12.8. The van der Waals surface area contributed by atoms with Gasteiger partial charge in [0.1, 0.15) is 11.3 Å². The number of hydrogen-bond donors (Lipinski definition) is 2. The van der Waals surface area contributed by atoms with Crippen molar-refractivity contribution in [3.05, 3.63) is 60.2 Å². The van der Waals surface area contributed by atoms with Gasteiger partial charge in [-0.3, -0.25) is 4.79 Å². The number of nitrogens with zero attached hydrogens (tertiary/aromatic N) is 1. The van der Waals surface area contributed by atoms with Gasteiger partial charge in [-0.1, -0.05) is 47.7 Å². The van der Waals surface area contributed by atoms with Crippen molar-refractivity contribution in [3.8, 4) is 5.75 Å². The first-order valence-corrected chi connectivity index (χ1v) is 8.50. The van der Waals surface area contributed by atoms with E-state index in [1.807, 2.05) is 48.5 Å². The van der Waals surface area contributed by atoms with E-state index in [0.29, 0.717) is 27.6 Å². The van der Waals surface area contributed by atoms with Crippen LogP contribution in [0.2, 0.25) is 0 Å². The Morgan fingerprint density at radius 1 is 1.16 bits per heavy atom. The Labute approximate surface area is 148 Å². The molecule has 25 heavy (non-hydrogen) atoms. The zero-order valence-electron chi connectivity index (χ0n) is 13.4. The summed E-state index contributed by atoms with van der Waals surface area (Å²) in [5.74, 6) is 0.411. The predicted octanol–water partition coefficient (Wildman–Crippen LogP) is 4.29. The fourth-order valence-electron chi connectivity index (χ4n) is 2.87. The highest BCUT2D eigenvalue weighted by Crippen LogP contribution is 2.34. The van der Waals surface area contributed by atoms with Crippen molar-refractivity contribution >= 4 is 49.1 Å². The predicted molar refractivity (Wildman–Crippen MR) is 102 cm³/mol. The van der Waals surface area contributed by atoms with E-state index >= 15 is 0 Å². The Morgan fingerprint density at radius 2 is 1.96 bits per heavy atom. The van der Waals surface area contributed by atoms with Crippen molar-refractivity contribution in [1.82, 2.24) is 4.98 Å². The van der Waals surface area contributed by atoms with Gasteiger partial charge in [0.25, 0.3) is 5.91 Å². The Hall–Kier alpha value is -3.12. The minimum atomic E-state index is -0.171. The quantitative estimate of drug-likeness (QED) is 0.578. The lowest BCUT2D eigenvalue weighted by atomic mass is 10.0. The van der Waals surface area contributed by atoms with Crippen LogP contribution in [0.5, 0.6) is 5.75 Å². The summed E-state index contributed by atoms with van der Waals surface area (Å²) >= 11 is 1.36. The molecule has 0 aliphatic rings. The Kier molecular flexibility index (Phi) is 3.74. The first-order chi connectivity index (χ1) is 12.2. The van der Waals surface area contributed by atoms with Gasteiger partial charge in [0.15, 0.2) is 5.13 Å². The van der Waals surface area contributed by atoms with Crippen molar-refractivity contribution in [2.24, 2.45) is 0 Å². The molecule has 1 heterocycles. The molecule has 4 aromatic rings. The van der Waals surface area contributed by atoms with Crippen LogP contribution >= 0.6 is 11.3 Å². The molecule has 0 saturated carbocycles. The number of hydrogen-bond acceptors (Lipinski definition) is 5. The van der Waals surface area contributed by atoms with E-state index in [-0.39, 0.29) is 5.91 Å². The molecule has 0 saturated heterocycles. The summed E-state index contributed by atoms with van der Waals surface area (Å²) in [6.07, 6.45) is 0. The van der Waals surface area contributed by atoms with Gasteiger partial charge in [-0.05, 0) is 22.9 Å².